The van der Waals surface area contributed by atoms with Crippen molar-refractivity contribution in [1.29, 1.82) is 0 Å². The molecule has 1 aliphatic rings. The van der Waals surface area contributed by atoms with Crippen LogP contribution in [0.15, 0.2) is 12.2 Å². The number of unbranched alkanes of at least 4 members (excludes halogenated alkanes) is 19. The number of rotatable bonds is 34. The molecule has 2 unspecified atom stereocenters. The van der Waals surface area contributed by atoms with Crippen molar-refractivity contribution in [3.63, 3.8) is 0 Å². The number of hydrogen-bond acceptors (Lipinski definition) is 6. The van der Waals surface area contributed by atoms with E-state index >= 15 is 0 Å². The van der Waals surface area contributed by atoms with Gasteiger partial charge >= 0.3 is 11.9 Å². The van der Waals surface area contributed by atoms with Crippen molar-refractivity contribution in [1.82, 2.24) is 0 Å². The highest BCUT2D eigenvalue weighted by Gasteiger charge is 2.36. The largest absolute Gasteiger partial charge is 0.462 e. The van der Waals surface area contributed by atoms with Crippen LogP contribution in [0.4, 0.5) is 0 Å². The maximum Gasteiger partial charge on any atom is 0.306 e. The monoisotopic (exact) mass is 651 g/mol. The van der Waals surface area contributed by atoms with Crippen LogP contribution < -0.4 is 0 Å². The summed E-state index contributed by atoms with van der Waals surface area (Å²) in [6, 6.07) is 0. The summed E-state index contributed by atoms with van der Waals surface area (Å²) in [6.07, 6.45) is 35.8. The van der Waals surface area contributed by atoms with Crippen LogP contribution in [0.5, 0.6) is 0 Å². The zero-order chi connectivity index (χ0) is 33.5. The van der Waals surface area contributed by atoms with Crippen molar-refractivity contribution in [2.75, 3.05) is 13.2 Å². The zero-order valence-corrected chi connectivity index (χ0v) is 30.5. The van der Waals surface area contributed by atoms with Gasteiger partial charge in [-0.2, -0.15) is 0 Å². The van der Waals surface area contributed by atoms with Crippen LogP contribution >= 0.6 is 0 Å². The molecule has 6 heteroatoms. The Bertz CT molecular complexity index is 735. The molecule has 0 aromatic rings. The minimum absolute atomic E-state index is 0.0725. The fraction of sp³-hybridized carbons (Fsp3) is 0.900. The number of aliphatic hydroxyl groups excluding tert-OH is 1. The lowest BCUT2D eigenvalue weighted by Gasteiger charge is -2.15. The number of esters is 2. The van der Waals surface area contributed by atoms with Crippen molar-refractivity contribution >= 4 is 11.9 Å². The van der Waals surface area contributed by atoms with E-state index in [-0.39, 0.29) is 25.2 Å². The molecular formula is C40H74O6. The molecule has 0 aliphatic carbocycles. The summed E-state index contributed by atoms with van der Waals surface area (Å²) in [4.78, 5) is 24.3. The summed E-state index contributed by atoms with van der Waals surface area (Å²) < 4.78 is 16.3. The summed E-state index contributed by atoms with van der Waals surface area (Å²) in [7, 11) is 0. The van der Waals surface area contributed by atoms with E-state index in [1.165, 1.54) is 109 Å². The van der Waals surface area contributed by atoms with Gasteiger partial charge in [-0.1, -0.05) is 155 Å². The molecule has 0 bridgehead atoms. The van der Waals surface area contributed by atoms with Gasteiger partial charge < -0.3 is 19.3 Å². The standard InChI is InChI=1S/C40H74O6/c1-4-5-23-29-37-38(46-37)30-25-20-16-13-14-17-21-26-31-39(42)44-34-36(33-41)45-40(43)32-27-22-18-12-10-8-6-7-9-11-15-19-24-28-35(2)3/h20,25,35-38,41H,4-19,21-24,26-34H2,1-3H3/b25-20-/t36-,37?,38?/m0/s1. The second-order valence-electron chi connectivity index (χ2n) is 14.2. The zero-order valence-electron chi connectivity index (χ0n) is 30.5. The highest BCUT2D eigenvalue weighted by molar-refractivity contribution is 5.70. The van der Waals surface area contributed by atoms with E-state index in [2.05, 4.69) is 32.9 Å². The Morgan fingerprint density at radius 1 is 0.674 bits per heavy atom. The molecule has 0 amide bonds. The van der Waals surface area contributed by atoms with Gasteiger partial charge in [0.25, 0.3) is 0 Å². The van der Waals surface area contributed by atoms with Crippen molar-refractivity contribution < 1.29 is 28.9 Å². The van der Waals surface area contributed by atoms with Crippen LogP contribution in [-0.2, 0) is 23.8 Å². The summed E-state index contributed by atoms with van der Waals surface area (Å²) >= 11 is 0. The molecule has 0 spiro atoms. The lowest BCUT2D eigenvalue weighted by Crippen LogP contribution is -2.28. The Kier molecular flexibility index (Phi) is 28.6. The number of aliphatic hydroxyl groups is 1. The van der Waals surface area contributed by atoms with Gasteiger partial charge in [-0.25, -0.2) is 0 Å². The van der Waals surface area contributed by atoms with Gasteiger partial charge in [0.05, 0.1) is 18.8 Å². The summed E-state index contributed by atoms with van der Waals surface area (Å²) in [5, 5.41) is 9.55. The molecule has 1 aliphatic heterocycles. The van der Waals surface area contributed by atoms with Gasteiger partial charge in [-0.15, -0.1) is 0 Å². The number of ether oxygens (including phenoxy) is 3. The molecule has 6 nitrogen and oxygen atoms in total. The molecule has 1 N–H and O–H groups in total. The molecule has 0 aromatic carbocycles. The Hall–Kier alpha value is -1.40. The van der Waals surface area contributed by atoms with Crippen LogP contribution in [0.3, 0.4) is 0 Å². The minimum atomic E-state index is -0.775. The number of hydrogen-bond donors (Lipinski definition) is 1. The molecule has 46 heavy (non-hydrogen) atoms. The first-order valence-corrected chi connectivity index (χ1v) is 19.7. The van der Waals surface area contributed by atoms with Gasteiger partial charge in [0, 0.05) is 12.8 Å². The van der Waals surface area contributed by atoms with Gasteiger partial charge in [0.2, 0.25) is 0 Å². The van der Waals surface area contributed by atoms with E-state index in [1.54, 1.807) is 0 Å². The Morgan fingerprint density at radius 3 is 1.78 bits per heavy atom. The summed E-state index contributed by atoms with van der Waals surface area (Å²) in [5.74, 6) is 0.238. The second-order valence-corrected chi connectivity index (χ2v) is 14.2. The van der Waals surface area contributed by atoms with Crippen molar-refractivity contribution in [3.05, 3.63) is 12.2 Å². The normalized spacial score (nSPS) is 16.7. The fourth-order valence-electron chi connectivity index (χ4n) is 6.04. The molecule has 1 saturated heterocycles. The van der Waals surface area contributed by atoms with Crippen molar-refractivity contribution in [2.24, 2.45) is 5.92 Å². The van der Waals surface area contributed by atoms with E-state index in [0.29, 0.717) is 25.0 Å². The van der Waals surface area contributed by atoms with E-state index in [0.717, 1.165) is 57.3 Å². The lowest BCUT2D eigenvalue weighted by atomic mass is 10.0. The van der Waals surface area contributed by atoms with Crippen LogP contribution in [0.25, 0.3) is 0 Å². The summed E-state index contributed by atoms with van der Waals surface area (Å²) in [5.41, 5.74) is 0. The third-order valence-corrected chi connectivity index (χ3v) is 9.16. The number of carbonyl (C=O) groups is 2. The summed E-state index contributed by atoms with van der Waals surface area (Å²) in [6.45, 7) is 6.45. The molecule has 0 radical (unpaired) electrons. The third-order valence-electron chi connectivity index (χ3n) is 9.16. The highest BCUT2D eigenvalue weighted by Crippen LogP contribution is 2.30. The first-order valence-electron chi connectivity index (χ1n) is 19.7. The molecule has 3 atom stereocenters. The van der Waals surface area contributed by atoms with Crippen LogP contribution in [0, 0.1) is 5.92 Å². The molecule has 1 rings (SSSR count). The van der Waals surface area contributed by atoms with Crippen LogP contribution in [0.1, 0.15) is 194 Å². The minimum Gasteiger partial charge on any atom is -0.462 e. The van der Waals surface area contributed by atoms with Gasteiger partial charge in [-0.05, 0) is 44.4 Å². The SMILES string of the molecule is CCCCCC1OC1C/C=C\CCCCCCCC(=O)OC[C@H](CO)OC(=O)CCCCCCCCCCCCCCCC(C)C. The number of allylic oxidation sites excluding steroid dienone is 1. The van der Waals surface area contributed by atoms with Gasteiger partial charge in [0.1, 0.15) is 6.61 Å². The first-order chi connectivity index (χ1) is 22.5. The maximum atomic E-state index is 12.2. The Balaban J connectivity index is 1.86. The molecule has 1 heterocycles. The van der Waals surface area contributed by atoms with E-state index in [1.807, 2.05) is 0 Å². The van der Waals surface area contributed by atoms with Gasteiger partial charge in [0.15, 0.2) is 6.10 Å². The molecule has 270 valence electrons. The fourth-order valence-corrected chi connectivity index (χ4v) is 6.04. The number of epoxide rings is 1. The lowest BCUT2D eigenvalue weighted by molar-refractivity contribution is -0.161. The smallest absolute Gasteiger partial charge is 0.306 e. The second kappa shape index (κ2) is 30.9. The first kappa shape index (κ1) is 42.6. The quantitative estimate of drug-likeness (QED) is 0.0323. The van der Waals surface area contributed by atoms with E-state index in [4.69, 9.17) is 14.2 Å². The molecular weight excluding hydrogens is 576 g/mol. The predicted molar refractivity (Wildman–Crippen MR) is 191 cm³/mol. The van der Waals surface area contributed by atoms with Crippen molar-refractivity contribution in [3.8, 4) is 0 Å². The topological polar surface area (TPSA) is 85.4 Å². The highest BCUT2D eigenvalue weighted by atomic mass is 16.6. The predicted octanol–water partition coefficient (Wildman–Crippen LogP) is 11.0. The average molecular weight is 651 g/mol. The van der Waals surface area contributed by atoms with Crippen molar-refractivity contribution in [2.45, 2.75) is 212 Å². The Labute approximate surface area is 284 Å². The molecule has 0 saturated carbocycles. The third kappa shape index (κ3) is 27.7. The van der Waals surface area contributed by atoms with E-state index in [9.17, 15) is 14.7 Å². The maximum absolute atomic E-state index is 12.2. The van der Waals surface area contributed by atoms with Crippen LogP contribution in [0.2, 0.25) is 0 Å². The molecule has 0 aromatic heterocycles. The van der Waals surface area contributed by atoms with Gasteiger partial charge in [-0.3, -0.25) is 9.59 Å². The average Bonchev–Trinajstić information content (AvgIpc) is 3.79. The molecule has 1 fully saturated rings. The van der Waals surface area contributed by atoms with E-state index < -0.39 is 6.10 Å². The Morgan fingerprint density at radius 2 is 1.22 bits per heavy atom. The number of carbonyl (C=O) groups excluding carboxylic acids is 2. The van der Waals surface area contributed by atoms with Crippen LogP contribution in [-0.4, -0.2) is 48.6 Å².